The fourth-order valence-corrected chi connectivity index (χ4v) is 2.68. The lowest BCUT2D eigenvalue weighted by Crippen LogP contribution is -2.36. The van der Waals surface area contributed by atoms with Gasteiger partial charge in [-0.25, -0.2) is 0 Å². The van der Waals surface area contributed by atoms with E-state index in [0.717, 1.165) is 11.3 Å². The minimum absolute atomic E-state index is 0.0418. The van der Waals surface area contributed by atoms with Crippen molar-refractivity contribution in [3.05, 3.63) is 64.2 Å². The molecule has 0 amide bonds. The lowest BCUT2D eigenvalue weighted by atomic mass is 10.1. The van der Waals surface area contributed by atoms with E-state index in [-0.39, 0.29) is 11.7 Å². The van der Waals surface area contributed by atoms with Crippen molar-refractivity contribution in [1.29, 1.82) is 0 Å². The third kappa shape index (κ3) is 5.40. The molecule has 0 heterocycles. The van der Waals surface area contributed by atoms with E-state index < -0.39 is 4.92 Å². The zero-order valence-corrected chi connectivity index (χ0v) is 15.7. The first-order chi connectivity index (χ1) is 12.4. The van der Waals surface area contributed by atoms with E-state index in [1.54, 1.807) is 19.2 Å². The number of anilines is 1. The molecule has 1 atom stereocenters. The Morgan fingerprint density at radius 3 is 2.54 bits per heavy atom. The van der Waals surface area contributed by atoms with Gasteiger partial charge in [0.15, 0.2) is 5.11 Å². The Bertz CT molecular complexity index is 765. The highest BCUT2D eigenvalue weighted by Crippen LogP contribution is 2.22. The number of ether oxygens (including phenoxy) is 1. The second kappa shape index (κ2) is 9.12. The predicted octanol–water partition coefficient (Wildman–Crippen LogP) is 3.19. The molecule has 8 heteroatoms. The maximum atomic E-state index is 10.7. The number of nitro groups is 1. The van der Waals surface area contributed by atoms with Crippen molar-refractivity contribution in [1.82, 2.24) is 10.2 Å². The summed E-state index contributed by atoms with van der Waals surface area (Å²) in [5, 5.41) is 17.4. The Balaban J connectivity index is 1.97. The van der Waals surface area contributed by atoms with Gasteiger partial charge in [-0.15, -0.1) is 0 Å². The Morgan fingerprint density at radius 1 is 1.27 bits per heavy atom. The van der Waals surface area contributed by atoms with Gasteiger partial charge in [-0.2, -0.15) is 0 Å². The second-order valence-corrected chi connectivity index (χ2v) is 6.30. The monoisotopic (exact) mass is 374 g/mol. The van der Waals surface area contributed by atoms with Gasteiger partial charge >= 0.3 is 0 Å². The van der Waals surface area contributed by atoms with Crippen LogP contribution in [-0.4, -0.2) is 42.7 Å². The molecule has 0 fully saturated rings. The second-order valence-electron chi connectivity index (χ2n) is 5.90. The number of methoxy groups -OCH3 is 1. The molecular weight excluding hydrogens is 352 g/mol. The molecule has 0 aliphatic heterocycles. The van der Waals surface area contributed by atoms with Crippen molar-refractivity contribution < 1.29 is 9.66 Å². The van der Waals surface area contributed by atoms with Crippen LogP contribution in [0.25, 0.3) is 0 Å². The van der Waals surface area contributed by atoms with Gasteiger partial charge in [0.25, 0.3) is 5.69 Å². The summed E-state index contributed by atoms with van der Waals surface area (Å²) in [6, 6.07) is 14.1. The summed E-state index contributed by atoms with van der Waals surface area (Å²) in [6.45, 7) is 0.596. The molecule has 0 spiro atoms. The van der Waals surface area contributed by atoms with Gasteiger partial charge in [0, 0.05) is 24.4 Å². The highest BCUT2D eigenvalue weighted by Gasteiger charge is 2.15. The van der Waals surface area contributed by atoms with E-state index in [4.69, 9.17) is 17.0 Å². The number of non-ortho nitro benzene ring substituents is 1. The highest BCUT2D eigenvalue weighted by molar-refractivity contribution is 7.80. The molecule has 26 heavy (non-hydrogen) atoms. The largest absolute Gasteiger partial charge is 0.497 e. The zero-order valence-electron chi connectivity index (χ0n) is 14.9. The number of nitrogens with zero attached hydrogens (tertiary/aromatic N) is 2. The third-order valence-corrected chi connectivity index (χ3v) is 4.14. The summed E-state index contributed by atoms with van der Waals surface area (Å²) in [6.07, 6.45) is 0. The van der Waals surface area contributed by atoms with Crippen LogP contribution in [0.5, 0.6) is 5.75 Å². The molecule has 2 rings (SSSR count). The van der Waals surface area contributed by atoms with Gasteiger partial charge in [-0.1, -0.05) is 12.1 Å². The van der Waals surface area contributed by atoms with Gasteiger partial charge in [0.1, 0.15) is 5.75 Å². The van der Waals surface area contributed by atoms with E-state index in [1.807, 2.05) is 38.4 Å². The molecule has 0 saturated carbocycles. The van der Waals surface area contributed by atoms with E-state index in [0.29, 0.717) is 17.3 Å². The summed E-state index contributed by atoms with van der Waals surface area (Å²) >= 11 is 5.32. The summed E-state index contributed by atoms with van der Waals surface area (Å²) < 4.78 is 5.29. The zero-order chi connectivity index (χ0) is 19.1. The quantitative estimate of drug-likeness (QED) is 0.438. The number of hydrogen-bond donors (Lipinski definition) is 2. The Hall–Kier alpha value is -2.71. The van der Waals surface area contributed by atoms with Crippen molar-refractivity contribution >= 4 is 28.7 Å². The maximum absolute atomic E-state index is 10.7. The van der Waals surface area contributed by atoms with Crippen LogP contribution in [0.15, 0.2) is 48.5 Å². The fraction of sp³-hybridized carbons (Fsp3) is 0.278. The van der Waals surface area contributed by atoms with E-state index in [2.05, 4.69) is 15.5 Å². The fourth-order valence-electron chi connectivity index (χ4n) is 2.48. The molecule has 138 valence electrons. The molecule has 0 unspecified atom stereocenters. The van der Waals surface area contributed by atoms with Crippen LogP contribution in [0.3, 0.4) is 0 Å². The topological polar surface area (TPSA) is 79.7 Å². The van der Waals surface area contributed by atoms with Crippen LogP contribution in [0.1, 0.15) is 11.6 Å². The van der Waals surface area contributed by atoms with Crippen molar-refractivity contribution in [2.75, 3.05) is 33.1 Å². The molecule has 2 aromatic rings. The van der Waals surface area contributed by atoms with E-state index in [1.165, 1.54) is 12.1 Å². The first-order valence-corrected chi connectivity index (χ1v) is 8.41. The molecule has 7 nitrogen and oxygen atoms in total. The summed E-state index contributed by atoms with van der Waals surface area (Å²) in [5.41, 5.74) is 1.84. The first kappa shape index (κ1) is 19.6. The molecule has 2 aromatic carbocycles. The normalized spacial score (nSPS) is 11.7. The number of benzene rings is 2. The lowest BCUT2D eigenvalue weighted by molar-refractivity contribution is -0.384. The molecule has 0 bridgehead atoms. The van der Waals surface area contributed by atoms with Gasteiger partial charge in [0.2, 0.25) is 0 Å². The van der Waals surface area contributed by atoms with Crippen LogP contribution in [0.4, 0.5) is 11.4 Å². The average molecular weight is 374 g/mol. The van der Waals surface area contributed by atoms with Gasteiger partial charge in [-0.3, -0.25) is 10.1 Å². The molecule has 2 N–H and O–H groups in total. The molecule has 0 aromatic heterocycles. The molecular formula is C18H22N4O3S. The van der Waals surface area contributed by atoms with Gasteiger partial charge in [0.05, 0.1) is 18.1 Å². The Kier molecular flexibility index (Phi) is 6.88. The number of nitro benzene ring substituents is 1. The van der Waals surface area contributed by atoms with Crippen LogP contribution >= 0.6 is 12.2 Å². The third-order valence-electron chi connectivity index (χ3n) is 3.89. The van der Waals surface area contributed by atoms with Crippen molar-refractivity contribution in [3.63, 3.8) is 0 Å². The number of hydrogen-bond acceptors (Lipinski definition) is 5. The highest BCUT2D eigenvalue weighted by atomic mass is 32.1. The summed E-state index contributed by atoms with van der Waals surface area (Å²) in [5.74, 6) is 0.806. The standard InChI is InChI=1S/C18H22N4O3S/c1-21(2)17(13-5-4-6-16(11-13)25-3)12-19-18(26)20-14-7-9-15(10-8-14)22(23)24/h4-11,17H,12H2,1-3H3,(H2,19,20,26)/t17-/m1/s1. The number of thiocarbonyl (C=S) groups is 1. The molecule has 0 aliphatic carbocycles. The van der Waals surface area contributed by atoms with Crippen molar-refractivity contribution in [2.24, 2.45) is 0 Å². The van der Waals surface area contributed by atoms with Gasteiger partial charge in [-0.05, 0) is 56.1 Å². The average Bonchev–Trinajstić information content (AvgIpc) is 2.62. The van der Waals surface area contributed by atoms with Gasteiger partial charge < -0.3 is 20.3 Å². The molecule has 0 radical (unpaired) electrons. The van der Waals surface area contributed by atoms with Crippen LogP contribution in [-0.2, 0) is 0 Å². The van der Waals surface area contributed by atoms with Crippen LogP contribution in [0, 0.1) is 10.1 Å². The molecule has 0 aliphatic rings. The minimum Gasteiger partial charge on any atom is -0.497 e. The minimum atomic E-state index is -0.434. The molecule has 0 saturated heterocycles. The first-order valence-electron chi connectivity index (χ1n) is 8.00. The predicted molar refractivity (Wildman–Crippen MR) is 107 cm³/mol. The number of nitrogens with one attached hydrogen (secondary N) is 2. The van der Waals surface area contributed by atoms with Crippen LogP contribution in [0.2, 0.25) is 0 Å². The van der Waals surface area contributed by atoms with E-state index in [9.17, 15) is 10.1 Å². The SMILES string of the molecule is COc1cccc([C@@H](CNC(=S)Nc2ccc([N+](=O)[O-])cc2)N(C)C)c1. The summed E-state index contributed by atoms with van der Waals surface area (Å²) in [7, 11) is 5.64. The maximum Gasteiger partial charge on any atom is 0.269 e. The van der Waals surface area contributed by atoms with E-state index >= 15 is 0 Å². The van der Waals surface area contributed by atoms with Crippen molar-refractivity contribution in [3.8, 4) is 5.75 Å². The van der Waals surface area contributed by atoms with Crippen molar-refractivity contribution in [2.45, 2.75) is 6.04 Å². The van der Waals surface area contributed by atoms with Crippen LogP contribution < -0.4 is 15.4 Å². The Morgan fingerprint density at radius 2 is 1.96 bits per heavy atom. The lowest BCUT2D eigenvalue weighted by Gasteiger charge is -2.26. The smallest absolute Gasteiger partial charge is 0.269 e. The Labute approximate surface area is 158 Å². The number of rotatable bonds is 7. The number of likely N-dealkylation sites (N-methyl/N-ethyl adjacent to an activating group) is 1. The summed E-state index contributed by atoms with van der Waals surface area (Å²) in [4.78, 5) is 12.3.